The van der Waals surface area contributed by atoms with Gasteiger partial charge in [0.2, 0.25) is 5.91 Å². The lowest BCUT2D eigenvalue weighted by atomic mass is 9.89. The zero-order valence-corrected chi connectivity index (χ0v) is 10.3. The Bertz CT molecular complexity index is 448. The first-order chi connectivity index (χ1) is 8.58. The van der Waals surface area contributed by atoms with Crippen LogP contribution < -0.4 is 11.1 Å². The minimum Gasteiger partial charge on any atom is -0.508 e. The van der Waals surface area contributed by atoms with E-state index in [4.69, 9.17) is 10.5 Å². The Kier molecular flexibility index (Phi) is 3.72. The zero-order valence-electron chi connectivity index (χ0n) is 10.3. The van der Waals surface area contributed by atoms with Gasteiger partial charge in [0.05, 0.1) is 11.4 Å². The lowest BCUT2D eigenvalue weighted by Crippen LogP contribution is -2.35. The second-order valence-corrected chi connectivity index (χ2v) is 4.71. The lowest BCUT2D eigenvalue weighted by Gasteiger charge is -2.27. The first kappa shape index (κ1) is 12.7. The fourth-order valence-corrected chi connectivity index (χ4v) is 2.16. The van der Waals surface area contributed by atoms with Crippen molar-refractivity contribution in [2.75, 3.05) is 24.3 Å². The summed E-state index contributed by atoms with van der Waals surface area (Å²) in [5.74, 6) is 0.206. The summed E-state index contributed by atoms with van der Waals surface area (Å²) >= 11 is 0. The molecule has 0 saturated carbocycles. The Balaban J connectivity index is 2.06. The van der Waals surface area contributed by atoms with Crippen molar-refractivity contribution in [2.24, 2.45) is 11.8 Å². The van der Waals surface area contributed by atoms with Gasteiger partial charge in [-0.25, -0.2) is 0 Å². The molecule has 2 unspecified atom stereocenters. The molecule has 1 aliphatic heterocycles. The van der Waals surface area contributed by atoms with Crippen molar-refractivity contribution >= 4 is 17.3 Å². The molecule has 2 atom stereocenters. The Morgan fingerprint density at radius 2 is 2.33 bits per heavy atom. The third-order valence-electron chi connectivity index (χ3n) is 3.27. The van der Waals surface area contributed by atoms with Gasteiger partial charge in [-0.05, 0) is 24.5 Å². The molecule has 1 aromatic carbocycles. The fourth-order valence-electron chi connectivity index (χ4n) is 2.16. The van der Waals surface area contributed by atoms with Gasteiger partial charge in [0.25, 0.3) is 0 Å². The number of nitrogen functional groups attached to an aromatic ring is 1. The van der Waals surface area contributed by atoms with E-state index in [9.17, 15) is 9.90 Å². The molecular weight excluding hydrogens is 232 g/mol. The number of carbonyl (C=O) groups excluding carboxylic acids is 1. The molecule has 0 spiro atoms. The van der Waals surface area contributed by atoms with Crippen molar-refractivity contribution in [2.45, 2.75) is 13.3 Å². The summed E-state index contributed by atoms with van der Waals surface area (Å²) in [7, 11) is 0. The average molecular weight is 250 g/mol. The van der Waals surface area contributed by atoms with Crippen LogP contribution in [0, 0.1) is 11.8 Å². The highest BCUT2D eigenvalue weighted by Gasteiger charge is 2.28. The van der Waals surface area contributed by atoms with Gasteiger partial charge >= 0.3 is 0 Å². The predicted octanol–water partition coefficient (Wildman–Crippen LogP) is 1.59. The topological polar surface area (TPSA) is 84.6 Å². The van der Waals surface area contributed by atoms with E-state index in [1.54, 1.807) is 6.07 Å². The highest BCUT2D eigenvalue weighted by molar-refractivity contribution is 5.95. The van der Waals surface area contributed by atoms with Gasteiger partial charge < -0.3 is 20.9 Å². The number of nitrogens with one attached hydrogen (secondary N) is 1. The number of nitrogens with two attached hydrogens (primary N) is 1. The van der Waals surface area contributed by atoms with Crippen LogP contribution in [-0.4, -0.2) is 24.2 Å². The van der Waals surface area contributed by atoms with Crippen molar-refractivity contribution < 1.29 is 14.6 Å². The number of hydrogen-bond acceptors (Lipinski definition) is 4. The highest BCUT2D eigenvalue weighted by atomic mass is 16.5. The van der Waals surface area contributed by atoms with Gasteiger partial charge in [-0.15, -0.1) is 0 Å². The monoisotopic (exact) mass is 250 g/mol. The molecule has 1 heterocycles. The van der Waals surface area contributed by atoms with E-state index >= 15 is 0 Å². The molecule has 18 heavy (non-hydrogen) atoms. The van der Waals surface area contributed by atoms with Crippen LogP contribution in [0.5, 0.6) is 5.75 Å². The van der Waals surface area contributed by atoms with Crippen molar-refractivity contribution in [3.8, 4) is 5.75 Å². The Labute approximate surface area is 106 Å². The second-order valence-electron chi connectivity index (χ2n) is 4.71. The van der Waals surface area contributed by atoms with Crippen LogP contribution in [0.2, 0.25) is 0 Å². The van der Waals surface area contributed by atoms with E-state index in [0.717, 1.165) is 6.42 Å². The van der Waals surface area contributed by atoms with Gasteiger partial charge in [-0.2, -0.15) is 0 Å². The van der Waals surface area contributed by atoms with Crippen LogP contribution >= 0.6 is 0 Å². The van der Waals surface area contributed by atoms with Crippen LogP contribution in [0.4, 0.5) is 11.4 Å². The van der Waals surface area contributed by atoms with Crippen molar-refractivity contribution in [3.05, 3.63) is 18.2 Å². The quantitative estimate of drug-likeness (QED) is 0.549. The van der Waals surface area contributed by atoms with Crippen LogP contribution in [0.3, 0.4) is 0 Å². The zero-order chi connectivity index (χ0) is 13.1. The molecule has 5 nitrogen and oxygen atoms in total. The van der Waals surface area contributed by atoms with E-state index in [-0.39, 0.29) is 23.5 Å². The largest absolute Gasteiger partial charge is 0.508 e. The molecule has 98 valence electrons. The number of amides is 1. The molecule has 0 bridgehead atoms. The van der Waals surface area contributed by atoms with Crippen LogP contribution in [0.25, 0.3) is 0 Å². The van der Waals surface area contributed by atoms with E-state index < -0.39 is 0 Å². The second kappa shape index (κ2) is 5.27. The van der Waals surface area contributed by atoms with E-state index in [2.05, 4.69) is 5.32 Å². The van der Waals surface area contributed by atoms with Gasteiger partial charge in [0.15, 0.2) is 0 Å². The third kappa shape index (κ3) is 2.73. The van der Waals surface area contributed by atoms with Crippen LogP contribution in [0.15, 0.2) is 18.2 Å². The van der Waals surface area contributed by atoms with E-state index in [1.165, 1.54) is 12.1 Å². The van der Waals surface area contributed by atoms with E-state index in [1.807, 2.05) is 6.92 Å². The van der Waals surface area contributed by atoms with E-state index in [0.29, 0.717) is 24.6 Å². The lowest BCUT2D eigenvalue weighted by molar-refractivity contribution is -0.125. The summed E-state index contributed by atoms with van der Waals surface area (Å²) in [6.45, 7) is 3.24. The first-order valence-corrected chi connectivity index (χ1v) is 6.05. The van der Waals surface area contributed by atoms with Crippen LogP contribution in [0.1, 0.15) is 13.3 Å². The fraction of sp³-hybridized carbons (Fsp3) is 0.462. The van der Waals surface area contributed by atoms with Gasteiger partial charge in [0.1, 0.15) is 5.75 Å². The number of anilines is 2. The summed E-state index contributed by atoms with van der Waals surface area (Å²) in [6, 6.07) is 4.52. The minimum absolute atomic E-state index is 0.0387. The molecular formula is C13H18N2O3. The Hall–Kier alpha value is -1.75. The maximum absolute atomic E-state index is 12.1. The normalized spacial score (nSPS) is 23.6. The molecule has 0 aromatic heterocycles. The highest BCUT2D eigenvalue weighted by Crippen LogP contribution is 2.27. The number of phenols is 1. The molecule has 1 saturated heterocycles. The predicted molar refractivity (Wildman–Crippen MR) is 69.2 cm³/mol. The number of aromatic hydroxyl groups is 1. The maximum Gasteiger partial charge on any atom is 0.227 e. The first-order valence-electron chi connectivity index (χ1n) is 6.05. The SMILES string of the molecule is CC1COCCC1C(=O)Nc1ccc(O)cc1N. The number of carbonyl (C=O) groups is 1. The Morgan fingerprint density at radius 3 is 3.00 bits per heavy atom. The summed E-state index contributed by atoms with van der Waals surface area (Å²) in [6.07, 6.45) is 0.727. The van der Waals surface area contributed by atoms with Crippen molar-refractivity contribution in [3.63, 3.8) is 0 Å². The maximum atomic E-state index is 12.1. The molecule has 1 aliphatic rings. The molecule has 1 aromatic rings. The summed E-state index contributed by atoms with van der Waals surface area (Å²) in [5.41, 5.74) is 6.64. The summed E-state index contributed by atoms with van der Waals surface area (Å²) < 4.78 is 5.31. The summed E-state index contributed by atoms with van der Waals surface area (Å²) in [4.78, 5) is 12.1. The third-order valence-corrected chi connectivity index (χ3v) is 3.27. The molecule has 5 heteroatoms. The van der Waals surface area contributed by atoms with Gasteiger partial charge in [0, 0.05) is 25.2 Å². The van der Waals surface area contributed by atoms with Crippen molar-refractivity contribution in [1.29, 1.82) is 0 Å². The molecule has 0 aliphatic carbocycles. The number of ether oxygens (including phenoxy) is 1. The van der Waals surface area contributed by atoms with Gasteiger partial charge in [-0.3, -0.25) is 4.79 Å². The summed E-state index contributed by atoms with van der Waals surface area (Å²) in [5, 5.41) is 12.1. The molecule has 2 rings (SSSR count). The average Bonchev–Trinajstić information content (AvgIpc) is 2.33. The van der Waals surface area contributed by atoms with Gasteiger partial charge in [-0.1, -0.05) is 6.92 Å². The molecule has 0 radical (unpaired) electrons. The van der Waals surface area contributed by atoms with Crippen molar-refractivity contribution in [1.82, 2.24) is 0 Å². The molecule has 1 amide bonds. The number of benzene rings is 1. The van der Waals surface area contributed by atoms with Crippen LogP contribution in [-0.2, 0) is 9.53 Å². The Morgan fingerprint density at radius 1 is 1.56 bits per heavy atom. The molecule has 1 fully saturated rings. The molecule has 4 N–H and O–H groups in total. The number of phenolic OH excluding ortho intramolecular Hbond substituents is 1. The smallest absolute Gasteiger partial charge is 0.227 e. The standard InChI is InChI=1S/C13H18N2O3/c1-8-7-18-5-4-10(8)13(17)15-12-3-2-9(16)6-11(12)14/h2-3,6,8,10,16H,4-5,7,14H2,1H3,(H,15,17). The number of hydrogen-bond donors (Lipinski definition) is 3. The number of rotatable bonds is 2. The minimum atomic E-state index is -0.0491.